The van der Waals surface area contributed by atoms with Crippen LogP contribution in [0.2, 0.25) is 0 Å². The Morgan fingerprint density at radius 1 is 1.11 bits per heavy atom. The molecule has 6 heteroatoms. The van der Waals surface area contributed by atoms with Crippen LogP contribution in [0.4, 0.5) is 0 Å². The van der Waals surface area contributed by atoms with E-state index in [1.807, 2.05) is 39.0 Å². The number of esters is 1. The van der Waals surface area contributed by atoms with E-state index in [0.29, 0.717) is 25.4 Å². The van der Waals surface area contributed by atoms with E-state index in [-0.39, 0.29) is 20.3 Å². The second kappa shape index (κ2) is 10.9. The number of hydrogen-bond acceptors (Lipinski definition) is 5. The van der Waals surface area contributed by atoms with Gasteiger partial charge in [0.2, 0.25) is 0 Å². The maximum Gasteiger partial charge on any atom is 0.312 e. The molecule has 2 unspecified atom stereocenters. The lowest BCUT2D eigenvalue weighted by atomic mass is 9.92. The third-order valence-electron chi connectivity index (χ3n) is 4.54. The summed E-state index contributed by atoms with van der Waals surface area (Å²) < 4.78 is 23.6. The van der Waals surface area contributed by atoms with Gasteiger partial charge in [-0.1, -0.05) is 44.2 Å². The van der Waals surface area contributed by atoms with Crippen LogP contribution < -0.4 is 0 Å². The molecule has 4 nitrogen and oxygen atoms in total. The summed E-state index contributed by atoms with van der Waals surface area (Å²) in [5, 5.41) is 1.22. The number of benzene rings is 2. The molecule has 0 N–H and O–H groups in total. The molecule has 2 rings (SSSR count). The zero-order valence-electron chi connectivity index (χ0n) is 17.0. The van der Waals surface area contributed by atoms with Gasteiger partial charge in [0.05, 0.1) is 12.5 Å². The molecule has 2 atom stereocenters. The van der Waals surface area contributed by atoms with Crippen molar-refractivity contribution < 1.29 is 18.8 Å². The molecule has 2 aromatic rings. The van der Waals surface area contributed by atoms with Crippen LogP contribution in [0.5, 0.6) is 0 Å². The summed E-state index contributed by atoms with van der Waals surface area (Å²) in [5.41, 5.74) is 0. The molecule has 0 saturated carbocycles. The van der Waals surface area contributed by atoms with Gasteiger partial charge >= 0.3 is 5.97 Å². The molecule has 0 aromatic heterocycles. The molecule has 0 spiro atoms. The van der Waals surface area contributed by atoms with Gasteiger partial charge in [-0.15, -0.1) is 11.8 Å². The molecule has 0 bridgehead atoms. The fourth-order valence-corrected chi connectivity index (χ4v) is 5.19. The maximum absolute atomic E-state index is 12.7. The molecule has 0 aliphatic carbocycles. The Morgan fingerprint density at radius 2 is 1.82 bits per heavy atom. The van der Waals surface area contributed by atoms with Crippen LogP contribution in [0.15, 0.2) is 47.4 Å². The van der Waals surface area contributed by atoms with Gasteiger partial charge < -0.3 is 9.47 Å². The Labute approximate surface area is 173 Å². The number of hydrogen-bond donors (Lipinski definition) is 0. The van der Waals surface area contributed by atoms with Crippen molar-refractivity contribution in [3.8, 4) is 0 Å². The van der Waals surface area contributed by atoms with Crippen molar-refractivity contribution in [2.24, 2.45) is 11.8 Å². The third kappa shape index (κ3) is 5.79. The van der Waals surface area contributed by atoms with E-state index in [2.05, 4.69) is 24.3 Å². The standard InChI is InChI=1S/C22H29O4PS/c1-5-25-21(23)20(13-16(3)4)22(27-24,26-6-2)15-28-19-12-11-17-9-7-8-10-18(17)14-19/h7-12,14,16,20H,5-6,13,15H2,1-4H3. The highest BCUT2D eigenvalue weighted by Gasteiger charge is 2.46. The first-order valence-corrected chi connectivity index (χ1v) is 11.5. The molecule has 28 heavy (non-hydrogen) atoms. The van der Waals surface area contributed by atoms with E-state index < -0.39 is 11.3 Å². The normalized spacial score (nSPS) is 14.9. The number of ether oxygens (including phenoxy) is 2. The van der Waals surface area contributed by atoms with Crippen LogP contribution in [0.25, 0.3) is 10.8 Å². The molecule has 0 amide bonds. The topological polar surface area (TPSA) is 52.6 Å². The SMILES string of the molecule is CCOC(=O)C(CC(C)C)C(CSc1ccc2ccccc2c1)(OCC)P=O. The van der Waals surface area contributed by atoms with Gasteiger partial charge in [0, 0.05) is 17.3 Å². The zero-order chi connectivity index (χ0) is 20.6. The quantitative estimate of drug-likeness (QED) is 0.247. The van der Waals surface area contributed by atoms with Crippen molar-refractivity contribution >= 4 is 37.0 Å². The molecule has 152 valence electrons. The highest BCUT2D eigenvalue weighted by Crippen LogP contribution is 2.42. The van der Waals surface area contributed by atoms with Gasteiger partial charge in [-0.2, -0.15) is 0 Å². The summed E-state index contributed by atoms with van der Waals surface area (Å²) >= 11 is 1.56. The van der Waals surface area contributed by atoms with Gasteiger partial charge in [0.25, 0.3) is 0 Å². The fraction of sp³-hybridized carbons (Fsp3) is 0.500. The minimum Gasteiger partial charge on any atom is -0.466 e. The van der Waals surface area contributed by atoms with Gasteiger partial charge in [0.15, 0.2) is 13.8 Å². The van der Waals surface area contributed by atoms with E-state index in [1.165, 1.54) is 5.39 Å². The smallest absolute Gasteiger partial charge is 0.312 e. The number of carbonyl (C=O) groups excluding carboxylic acids is 1. The number of rotatable bonds is 11. The van der Waals surface area contributed by atoms with Crippen LogP contribution in [-0.4, -0.2) is 30.3 Å². The Kier molecular flexibility index (Phi) is 8.94. The van der Waals surface area contributed by atoms with Crippen LogP contribution >= 0.6 is 20.2 Å². The average molecular weight is 421 g/mol. The Hall–Kier alpha value is -1.42. The van der Waals surface area contributed by atoms with Crippen molar-refractivity contribution in [3.05, 3.63) is 42.5 Å². The van der Waals surface area contributed by atoms with Gasteiger partial charge in [-0.05, 0) is 49.1 Å². The third-order valence-corrected chi connectivity index (χ3v) is 6.82. The maximum atomic E-state index is 12.7. The first kappa shape index (κ1) is 22.9. The van der Waals surface area contributed by atoms with Crippen molar-refractivity contribution in [1.82, 2.24) is 0 Å². The summed E-state index contributed by atoms with van der Waals surface area (Å²) in [4.78, 5) is 13.7. The van der Waals surface area contributed by atoms with Gasteiger partial charge in [0.1, 0.15) is 0 Å². The van der Waals surface area contributed by atoms with Gasteiger partial charge in [-0.25, -0.2) is 0 Å². The number of thioether (sulfide) groups is 1. The minimum absolute atomic E-state index is 0.191. The Bertz CT molecular complexity index is 795. The highest BCUT2D eigenvalue weighted by atomic mass is 32.2. The highest BCUT2D eigenvalue weighted by molar-refractivity contribution is 7.99. The van der Waals surface area contributed by atoms with E-state index in [4.69, 9.17) is 9.47 Å². The van der Waals surface area contributed by atoms with Crippen molar-refractivity contribution in [3.63, 3.8) is 0 Å². The van der Waals surface area contributed by atoms with E-state index >= 15 is 0 Å². The van der Waals surface area contributed by atoms with Crippen molar-refractivity contribution in [2.75, 3.05) is 19.0 Å². The average Bonchev–Trinajstić information content (AvgIpc) is 2.69. The first-order chi connectivity index (χ1) is 13.5. The lowest BCUT2D eigenvalue weighted by Gasteiger charge is -2.34. The summed E-state index contributed by atoms with van der Waals surface area (Å²) in [6.45, 7) is 8.40. The lowest BCUT2D eigenvalue weighted by Crippen LogP contribution is -2.44. The van der Waals surface area contributed by atoms with Crippen LogP contribution in [-0.2, 0) is 18.8 Å². The molecule has 0 fully saturated rings. The molecule has 0 heterocycles. The predicted molar refractivity (Wildman–Crippen MR) is 116 cm³/mol. The summed E-state index contributed by atoms with van der Waals surface area (Å²) in [5.74, 6) is -0.270. The largest absolute Gasteiger partial charge is 0.466 e. The van der Waals surface area contributed by atoms with Crippen molar-refractivity contribution in [1.29, 1.82) is 0 Å². The van der Waals surface area contributed by atoms with E-state index in [0.717, 1.165) is 10.3 Å². The summed E-state index contributed by atoms with van der Waals surface area (Å²) in [7, 11) is -0.191. The lowest BCUT2D eigenvalue weighted by molar-refractivity contribution is -0.156. The number of fused-ring (bicyclic) bond motifs is 1. The van der Waals surface area contributed by atoms with Crippen molar-refractivity contribution in [2.45, 2.75) is 44.4 Å². The second-order valence-corrected chi connectivity index (χ2v) is 9.09. The Morgan fingerprint density at radius 3 is 2.43 bits per heavy atom. The van der Waals surface area contributed by atoms with Crippen LogP contribution in [0.3, 0.4) is 0 Å². The second-order valence-electron chi connectivity index (χ2n) is 7.10. The molecule has 0 radical (unpaired) electrons. The Balaban J connectivity index is 2.30. The fourth-order valence-electron chi connectivity index (χ4n) is 3.23. The molecule has 0 aliphatic heterocycles. The summed E-state index contributed by atoms with van der Waals surface area (Å²) in [6.07, 6.45) is 0.562. The predicted octanol–water partition coefficient (Wildman–Crippen LogP) is 6.18. The minimum atomic E-state index is -1.11. The van der Waals surface area contributed by atoms with E-state index in [9.17, 15) is 9.36 Å². The first-order valence-electron chi connectivity index (χ1n) is 9.72. The number of carbonyl (C=O) groups is 1. The zero-order valence-corrected chi connectivity index (χ0v) is 18.7. The summed E-state index contributed by atoms with van der Waals surface area (Å²) in [6, 6.07) is 14.4. The molecule has 0 saturated heterocycles. The molecular weight excluding hydrogens is 391 g/mol. The van der Waals surface area contributed by atoms with Crippen LogP contribution in [0.1, 0.15) is 34.1 Å². The molecular formula is C22H29O4PS. The molecule has 2 aromatic carbocycles. The van der Waals surface area contributed by atoms with Gasteiger partial charge in [-0.3, -0.25) is 9.36 Å². The van der Waals surface area contributed by atoms with E-state index in [1.54, 1.807) is 18.7 Å². The van der Waals surface area contributed by atoms with Crippen LogP contribution in [0, 0.1) is 11.8 Å². The molecule has 0 aliphatic rings. The monoisotopic (exact) mass is 420 g/mol.